The van der Waals surface area contributed by atoms with Crippen molar-refractivity contribution in [1.82, 2.24) is 5.43 Å². The molecule has 0 saturated carbocycles. The summed E-state index contributed by atoms with van der Waals surface area (Å²) in [5.74, 6) is 1.16. The molecular weight excluding hydrogens is 505 g/mol. The average molecular weight is 530 g/mol. The zero-order chi connectivity index (χ0) is 25.7. The number of furan rings is 1. The number of carbonyl (C=O) groups is 2. The van der Waals surface area contributed by atoms with E-state index in [2.05, 4.69) is 15.8 Å². The molecule has 0 bridgehead atoms. The van der Waals surface area contributed by atoms with Crippen molar-refractivity contribution in [3.8, 4) is 11.5 Å². The van der Waals surface area contributed by atoms with E-state index in [1.807, 2.05) is 13.8 Å². The molecule has 36 heavy (non-hydrogen) atoms. The summed E-state index contributed by atoms with van der Waals surface area (Å²) in [6, 6.07) is 11.9. The van der Waals surface area contributed by atoms with Crippen LogP contribution >= 0.6 is 23.2 Å². The molecule has 1 aromatic heterocycles. The average Bonchev–Trinajstić information content (AvgIpc) is 3.21. The molecule has 0 aliphatic heterocycles. The highest BCUT2D eigenvalue weighted by Gasteiger charge is 2.28. The second-order valence-electron chi connectivity index (χ2n) is 8.08. The third-order valence-corrected chi connectivity index (χ3v) is 6.05. The number of rotatable bonds is 8. The number of benzene rings is 2. The second kappa shape index (κ2) is 11.5. The van der Waals surface area contributed by atoms with E-state index in [1.54, 1.807) is 36.4 Å². The van der Waals surface area contributed by atoms with Gasteiger partial charge in [0, 0.05) is 28.3 Å². The number of amides is 2. The first-order valence-corrected chi connectivity index (χ1v) is 12.2. The number of nitrogens with zero attached hydrogens (tertiary/aromatic N) is 1. The SMILES string of the molecule is CCOc1ccc(NC(=O)c2oc3c(c2C)/C(=N/NC(=O)COc2ccc(Cl)cc2Cl)CCC3)cc1. The largest absolute Gasteiger partial charge is 0.494 e. The van der Waals surface area contributed by atoms with Gasteiger partial charge >= 0.3 is 0 Å². The van der Waals surface area contributed by atoms with Crippen LogP contribution in [-0.2, 0) is 11.2 Å². The van der Waals surface area contributed by atoms with Crippen molar-refractivity contribution in [3.63, 3.8) is 0 Å². The van der Waals surface area contributed by atoms with Gasteiger partial charge in [-0.1, -0.05) is 23.2 Å². The lowest BCUT2D eigenvalue weighted by molar-refractivity contribution is -0.123. The summed E-state index contributed by atoms with van der Waals surface area (Å²) in [5, 5.41) is 7.93. The molecule has 1 aliphatic rings. The van der Waals surface area contributed by atoms with Gasteiger partial charge in [-0.15, -0.1) is 0 Å². The summed E-state index contributed by atoms with van der Waals surface area (Å²) in [5.41, 5.74) is 5.21. The number of fused-ring (bicyclic) bond motifs is 1. The number of hydrogen-bond acceptors (Lipinski definition) is 6. The van der Waals surface area contributed by atoms with Gasteiger partial charge < -0.3 is 19.2 Å². The molecule has 188 valence electrons. The number of carbonyl (C=O) groups excluding carboxylic acids is 2. The van der Waals surface area contributed by atoms with E-state index in [9.17, 15) is 9.59 Å². The predicted molar refractivity (Wildman–Crippen MR) is 139 cm³/mol. The summed E-state index contributed by atoms with van der Waals surface area (Å²) in [6.45, 7) is 4.01. The number of nitrogens with one attached hydrogen (secondary N) is 2. The van der Waals surface area contributed by atoms with Gasteiger partial charge in [0.1, 0.15) is 17.3 Å². The first-order chi connectivity index (χ1) is 17.4. The van der Waals surface area contributed by atoms with E-state index in [0.29, 0.717) is 58.0 Å². The number of halogens is 2. The Morgan fingerprint density at radius 2 is 1.86 bits per heavy atom. The maximum absolute atomic E-state index is 12.9. The number of ether oxygens (including phenoxy) is 2. The lowest BCUT2D eigenvalue weighted by atomic mass is 9.93. The first kappa shape index (κ1) is 25.6. The van der Waals surface area contributed by atoms with Gasteiger partial charge in [0.2, 0.25) is 0 Å². The maximum atomic E-state index is 12.9. The summed E-state index contributed by atoms with van der Waals surface area (Å²) >= 11 is 11.9. The number of hydrogen-bond donors (Lipinski definition) is 2. The molecule has 2 amide bonds. The van der Waals surface area contributed by atoms with E-state index in [1.165, 1.54) is 6.07 Å². The van der Waals surface area contributed by atoms with E-state index in [4.69, 9.17) is 37.1 Å². The molecule has 0 saturated heterocycles. The topological polar surface area (TPSA) is 102 Å². The lowest BCUT2D eigenvalue weighted by Crippen LogP contribution is -2.27. The maximum Gasteiger partial charge on any atom is 0.291 e. The van der Waals surface area contributed by atoms with Crippen LogP contribution in [0.4, 0.5) is 5.69 Å². The Kier molecular flexibility index (Phi) is 8.18. The van der Waals surface area contributed by atoms with Gasteiger partial charge in [0.05, 0.1) is 17.3 Å². The third kappa shape index (κ3) is 6.01. The predicted octanol–water partition coefficient (Wildman–Crippen LogP) is 5.78. The van der Waals surface area contributed by atoms with Crippen molar-refractivity contribution < 1.29 is 23.5 Å². The van der Waals surface area contributed by atoms with E-state index < -0.39 is 5.91 Å². The minimum Gasteiger partial charge on any atom is -0.494 e. The first-order valence-electron chi connectivity index (χ1n) is 11.5. The fourth-order valence-corrected chi connectivity index (χ4v) is 4.35. The third-order valence-electron chi connectivity index (χ3n) is 5.52. The van der Waals surface area contributed by atoms with Crippen molar-refractivity contribution in [2.75, 3.05) is 18.5 Å². The smallest absolute Gasteiger partial charge is 0.291 e. The molecule has 1 aliphatic carbocycles. The summed E-state index contributed by atoms with van der Waals surface area (Å²) in [6.07, 6.45) is 2.10. The minimum atomic E-state index is -0.449. The van der Waals surface area contributed by atoms with Gasteiger partial charge in [-0.05, 0) is 69.2 Å². The fraction of sp³-hybridized carbons (Fsp3) is 0.269. The van der Waals surface area contributed by atoms with Crippen LogP contribution in [0.15, 0.2) is 52.0 Å². The molecule has 2 N–H and O–H groups in total. The Balaban J connectivity index is 1.43. The van der Waals surface area contributed by atoms with Crippen LogP contribution in [-0.4, -0.2) is 30.7 Å². The van der Waals surface area contributed by atoms with Crippen LogP contribution in [0.3, 0.4) is 0 Å². The van der Waals surface area contributed by atoms with Gasteiger partial charge in [0.25, 0.3) is 11.8 Å². The van der Waals surface area contributed by atoms with Gasteiger partial charge in [-0.25, -0.2) is 5.43 Å². The highest BCUT2D eigenvalue weighted by atomic mass is 35.5. The van der Waals surface area contributed by atoms with Gasteiger partial charge in [-0.3, -0.25) is 9.59 Å². The van der Waals surface area contributed by atoms with Crippen molar-refractivity contribution >= 4 is 46.4 Å². The van der Waals surface area contributed by atoms with Crippen LogP contribution in [0.25, 0.3) is 0 Å². The molecule has 0 atom stereocenters. The van der Waals surface area contributed by atoms with E-state index in [0.717, 1.165) is 17.7 Å². The minimum absolute atomic E-state index is 0.218. The van der Waals surface area contributed by atoms with E-state index >= 15 is 0 Å². The Morgan fingerprint density at radius 1 is 1.08 bits per heavy atom. The highest BCUT2D eigenvalue weighted by molar-refractivity contribution is 6.35. The molecule has 0 spiro atoms. The van der Waals surface area contributed by atoms with E-state index in [-0.39, 0.29) is 18.3 Å². The van der Waals surface area contributed by atoms with Crippen LogP contribution in [0.5, 0.6) is 11.5 Å². The lowest BCUT2D eigenvalue weighted by Gasteiger charge is -2.13. The summed E-state index contributed by atoms with van der Waals surface area (Å²) in [7, 11) is 0. The Bertz CT molecular complexity index is 1300. The van der Waals surface area contributed by atoms with Crippen LogP contribution in [0.2, 0.25) is 10.0 Å². The molecule has 0 radical (unpaired) electrons. The van der Waals surface area contributed by atoms with Crippen molar-refractivity contribution in [2.45, 2.75) is 33.1 Å². The van der Waals surface area contributed by atoms with Gasteiger partial charge in [0.15, 0.2) is 12.4 Å². The molecule has 8 nitrogen and oxygen atoms in total. The van der Waals surface area contributed by atoms with Crippen molar-refractivity contribution in [2.24, 2.45) is 5.10 Å². The molecule has 4 rings (SSSR count). The molecule has 1 heterocycles. The number of aryl methyl sites for hydroxylation is 1. The van der Waals surface area contributed by atoms with Crippen LogP contribution in [0.1, 0.15) is 47.2 Å². The Hall–Kier alpha value is -3.49. The molecule has 2 aromatic carbocycles. The van der Waals surface area contributed by atoms with Crippen LogP contribution in [0, 0.1) is 6.92 Å². The second-order valence-corrected chi connectivity index (χ2v) is 8.92. The zero-order valence-corrected chi connectivity index (χ0v) is 21.3. The molecule has 0 unspecified atom stereocenters. The van der Waals surface area contributed by atoms with Crippen LogP contribution < -0.4 is 20.2 Å². The Morgan fingerprint density at radius 3 is 2.58 bits per heavy atom. The normalized spacial score (nSPS) is 13.7. The van der Waals surface area contributed by atoms with Crippen molar-refractivity contribution in [1.29, 1.82) is 0 Å². The quantitative estimate of drug-likeness (QED) is 0.360. The molecule has 3 aromatic rings. The number of anilines is 1. The van der Waals surface area contributed by atoms with Gasteiger partial charge in [-0.2, -0.15) is 5.10 Å². The number of hydrazone groups is 1. The summed E-state index contributed by atoms with van der Waals surface area (Å²) < 4.78 is 16.8. The van der Waals surface area contributed by atoms with Crippen molar-refractivity contribution in [3.05, 3.63) is 75.2 Å². The standard InChI is InChI=1S/C26H25Cl2N3O5/c1-3-34-18-10-8-17(9-11-18)29-26(33)25-15(2)24-20(5-4-6-22(24)36-25)30-31-23(32)14-35-21-12-7-16(27)13-19(21)28/h7-13H,3-6,14H2,1-2H3,(H,29,33)(H,31,32)/b30-20+. The fourth-order valence-electron chi connectivity index (χ4n) is 3.88. The molecular formula is C26H25Cl2N3O5. The zero-order valence-electron chi connectivity index (χ0n) is 19.8. The molecule has 0 fully saturated rings. The Labute approximate surface area is 218 Å². The monoisotopic (exact) mass is 529 g/mol. The summed E-state index contributed by atoms with van der Waals surface area (Å²) in [4.78, 5) is 25.2. The highest BCUT2D eigenvalue weighted by Crippen LogP contribution is 2.31. The molecule has 10 heteroatoms.